The molecule has 194 valence electrons. The summed E-state index contributed by atoms with van der Waals surface area (Å²) in [7, 11) is 0. The Balaban J connectivity index is 1.66. The van der Waals surface area contributed by atoms with Crippen LogP contribution >= 0.6 is 0 Å². The molecule has 2 aromatic rings. The molecule has 11 heteroatoms. The molecule has 36 heavy (non-hydrogen) atoms. The molecule has 4 heterocycles. The zero-order valence-electron chi connectivity index (χ0n) is 20.8. The maximum Gasteiger partial charge on any atom is 0.338 e. The lowest BCUT2D eigenvalue weighted by Gasteiger charge is -2.42. The Hall–Kier alpha value is -2.83. The number of carbonyl (C=O) groups excluding carboxylic acids is 1. The quantitative estimate of drug-likeness (QED) is 0.624. The lowest BCUT2D eigenvalue weighted by atomic mass is 9.89. The van der Waals surface area contributed by atoms with Crippen molar-refractivity contribution in [2.75, 3.05) is 6.61 Å². The summed E-state index contributed by atoms with van der Waals surface area (Å²) < 4.78 is 38.5. The number of nitrogens with zero attached hydrogens (tertiary/aromatic N) is 1. The summed E-state index contributed by atoms with van der Waals surface area (Å²) in [5, 5.41) is 0. The number of esters is 1. The molecular formula is C25H30N2O9. The zero-order chi connectivity index (χ0) is 25.9. The van der Waals surface area contributed by atoms with Gasteiger partial charge < -0.3 is 28.4 Å². The maximum atomic E-state index is 13.3. The van der Waals surface area contributed by atoms with Gasteiger partial charge in [-0.2, -0.15) is 0 Å². The van der Waals surface area contributed by atoms with Crippen molar-refractivity contribution in [1.82, 2.24) is 9.55 Å². The second-order valence-electron chi connectivity index (χ2n) is 10.3. The van der Waals surface area contributed by atoms with Crippen LogP contribution in [0.2, 0.25) is 0 Å². The molecule has 5 rings (SSSR count). The lowest BCUT2D eigenvalue weighted by molar-refractivity contribution is -0.334. The Morgan fingerprint density at radius 1 is 0.972 bits per heavy atom. The fraction of sp³-hybridized carbons (Fsp3) is 0.560. The van der Waals surface area contributed by atoms with Crippen LogP contribution in [0.25, 0.3) is 0 Å². The Labute approximate surface area is 207 Å². The summed E-state index contributed by atoms with van der Waals surface area (Å²) in [6, 6.07) is 9.65. The summed E-state index contributed by atoms with van der Waals surface area (Å²) >= 11 is 0. The summed E-state index contributed by atoms with van der Waals surface area (Å²) in [6.07, 6.45) is -2.94. The van der Waals surface area contributed by atoms with E-state index >= 15 is 0 Å². The van der Waals surface area contributed by atoms with Crippen molar-refractivity contribution >= 4 is 5.97 Å². The van der Waals surface area contributed by atoms with E-state index in [1.54, 1.807) is 65.0 Å². The predicted octanol–water partition coefficient (Wildman–Crippen LogP) is 1.72. The standard InChI is InChI=1S/C25H30N2O9/c1-23(2)31-13-15-17(33-23)18-19(35-24(3,4)34-18)25(5,36-20(29)14-9-7-6-8-10-14)21(32-15)27-12-11-16(28)26-22(27)30/h6-12,15,17-19,21H,13H2,1-5H3,(H,26,28,30)/t15?,17-,18+,19?,21-,25-/m1/s1. The number of rotatable bonds is 3. The van der Waals surface area contributed by atoms with Gasteiger partial charge in [0.15, 0.2) is 23.4 Å². The van der Waals surface area contributed by atoms with Gasteiger partial charge in [0.1, 0.15) is 24.4 Å². The van der Waals surface area contributed by atoms with Gasteiger partial charge in [-0.3, -0.25) is 14.3 Å². The molecule has 2 unspecified atom stereocenters. The van der Waals surface area contributed by atoms with E-state index in [9.17, 15) is 14.4 Å². The lowest BCUT2D eigenvalue weighted by Crippen LogP contribution is -2.58. The number of aromatic nitrogens is 2. The molecule has 3 aliphatic rings. The van der Waals surface area contributed by atoms with Crippen molar-refractivity contribution in [3.8, 4) is 0 Å². The van der Waals surface area contributed by atoms with Crippen LogP contribution in [0, 0.1) is 0 Å². The van der Waals surface area contributed by atoms with Gasteiger partial charge in [-0.05, 0) is 46.8 Å². The summed E-state index contributed by atoms with van der Waals surface area (Å²) in [4.78, 5) is 40.3. The Morgan fingerprint density at radius 3 is 2.36 bits per heavy atom. The van der Waals surface area contributed by atoms with Crippen molar-refractivity contribution in [2.24, 2.45) is 0 Å². The first-order valence-electron chi connectivity index (χ1n) is 11.8. The molecule has 0 radical (unpaired) electrons. The minimum Gasteiger partial charge on any atom is -0.448 e. The molecule has 0 saturated carbocycles. The second-order valence-corrected chi connectivity index (χ2v) is 10.3. The molecule has 1 aromatic carbocycles. The number of hydrogen-bond acceptors (Lipinski definition) is 9. The minimum atomic E-state index is -1.60. The highest BCUT2D eigenvalue weighted by Crippen LogP contribution is 2.48. The molecule has 1 aromatic heterocycles. The first-order valence-corrected chi connectivity index (χ1v) is 11.8. The maximum absolute atomic E-state index is 13.3. The molecule has 6 atom stereocenters. The molecule has 3 saturated heterocycles. The van der Waals surface area contributed by atoms with Crippen LogP contribution in [0.15, 0.2) is 52.2 Å². The Kier molecular flexibility index (Phi) is 5.96. The van der Waals surface area contributed by atoms with E-state index in [1.165, 1.54) is 16.8 Å². The highest BCUT2D eigenvalue weighted by atomic mass is 16.8. The van der Waals surface area contributed by atoms with Crippen molar-refractivity contribution in [2.45, 2.75) is 82.4 Å². The predicted molar refractivity (Wildman–Crippen MR) is 124 cm³/mol. The average molecular weight is 503 g/mol. The largest absolute Gasteiger partial charge is 0.448 e. The molecule has 1 N–H and O–H groups in total. The van der Waals surface area contributed by atoms with Crippen LogP contribution in [-0.4, -0.2) is 63.7 Å². The van der Waals surface area contributed by atoms with Gasteiger partial charge in [0.25, 0.3) is 5.56 Å². The third-order valence-corrected chi connectivity index (χ3v) is 6.62. The Bertz CT molecular complexity index is 1250. The molecule has 0 spiro atoms. The number of benzene rings is 1. The van der Waals surface area contributed by atoms with E-state index in [-0.39, 0.29) is 6.61 Å². The molecular weight excluding hydrogens is 472 g/mol. The second kappa shape index (κ2) is 8.63. The summed E-state index contributed by atoms with van der Waals surface area (Å²) in [5.41, 5.74) is -2.60. The van der Waals surface area contributed by atoms with Crippen LogP contribution in [0.1, 0.15) is 51.2 Å². The monoisotopic (exact) mass is 502 g/mol. The van der Waals surface area contributed by atoms with Crippen LogP contribution in [0.3, 0.4) is 0 Å². The summed E-state index contributed by atoms with van der Waals surface area (Å²) in [6.45, 7) is 8.82. The van der Waals surface area contributed by atoms with Gasteiger partial charge in [0.05, 0.1) is 12.2 Å². The molecule has 0 aliphatic carbocycles. The van der Waals surface area contributed by atoms with Crippen molar-refractivity contribution in [3.63, 3.8) is 0 Å². The van der Waals surface area contributed by atoms with E-state index in [0.29, 0.717) is 5.56 Å². The van der Waals surface area contributed by atoms with Crippen molar-refractivity contribution in [3.05, 3.63) is 69.0 Å². The highest BCUT2D eigenvalue weighted by molar-refractivity contribution is 5.89. The van der Waals surface area contributed by atoms with Gasteiger partial charge in [-0.15, -0.1) is 0 Å². The number of fused-ring (bicyclic) bond motifs is 3. The first kappa shape index (κ1) is 24.8. The number of H-pyrrole nitrogens is 1. The molecule has 0 bridgehead atoms. The zero-order valence-corrected chi connectivity index (χ0v) is 20.8. The number of aromatic amines is 1. The molecule has 3 aliphatic heterocycles. The third kappa shape index (κ3) is 4.41. The molecule has 11 nitrogen and oxygen atoms in total. The number of hydrogen-bond donors (Lipinski definition) is 1. The number of nitrogens with one attached hydrogen (secondary N) is 1. The van der Waals surface area contributed by atoms with Crippen molar-refractivity contribution < 1.29 is 33.2 Å². The van der Waals surface area contributed by atoms with E-state index in [1.807, 2.05) is 0 Å². The van der Waals surface area contributed by atoms with Crippen LogP contribution in [-0.2, 0) is 28.4 Å². The normalized spacial score (nSPS) is 34.8. The molecule has 3 fully saturated rings. The van der Waals surface area contributed by atoms with Gasteiger partial charge in [-0.25, -0.2) is 9.59 Å². The Morgan fingerprint density at radius 2 is 1.67 bits per heavy atom. The fourth-order valence-corrected chi connectivity index (χ4v) is 5.02. The smallest absolute Gasteiger partial charge is 0.338 e. The highest BCUT2D eigenvalue weighted by Gasteiger charge is 2.65. The summed E-state index contributed by atoms with van der Waals surface area (Å²) in [5.74, 6) is -2.63. The van der Waals surface area contributed by atoms with Crippen LogP contribution in [0.5, 0.6) is 0 Å². The first-order chi connectivity index (χ1) is 16.9. The van der Waals surface area contributed by atoms with Crippen molar-refractivity contribution in [1.29, 1.82) is 0 Å². The third-order valence-electron chi connectivity index (χ3n) is 6.62. The van der Waals surface area contributed by atoms with Gasteiger partial charge in [0.2, 0.25) is 0 Å². The van der Waals surface area contributed by atoms with Gasteiger partial charge in [0, 0.05) is 12.3 Å². The average Bonchev–Trinajstić information content (AvgIpc) is 3.11. The van der Waals surface area contributed by atoms with Gasteiger partial charge >= 0.3 is 11.7 Å². The van der Waals surface area contributed by atoms with Crippen LogP contribution in [0.4, 0.5) is 0 Å². The van der Waals surface area contributed by atoms with Crippen LogP contribution < -0.4 is 11.2 Å². The van der Waals surface area contributed by atoms with E-state index in [2.05, 4.69) is 4.98 Å². The minimum absolute atomic E-state index is 0.127. The number of ether oxygens (including phenoxy) is 6. The van der Waals surface area contributed by atoms with Gasteiger partial charge in [-0.1, -0.05) is 18.2 Å². The van der Waals surface area contributed by atoms with E-state index in [4.69, 9.17) is 28.4 Å². The number of carbonyl (C=O) groups is 1. The molecule has 0 amide bonds. The van der Waals surface area contributed by atoms with E-state index in [0.717, 1.165) is 0 Å². The SMILES string of the molecule is CC1(C)OCC2O[C@@H](n3ccc(=O)[nH]c3=O)[C@](C)(OC(=O)c3ccccc3)C3OC(C)(C)O[C@H]3[C@@H]2O1. The fourth-order valence-electron chi connectivity index (χ4n) is 5.02. The van der Waals surface area contributed by atoms with E-state index < -0.39 is 65.0 Å². The topological polar surface area (TPSA) is 127 Å².